The van der Waals surface area contributed by atoms with Crippen molar-refractivity contribution >= 4 is 29.9 Å². The average Bonchev–Trinajstić information content (AvgIpc) is 3.37. The van der Waals surface area contributed by atoms with Crippen molar-refractivity contribution in [3.05, 3.63) is 0 Å². The summed E-state index contributed by atoms with van der Waals surface area (Å²) in [6.07, 6.45) is 4.51. The average molecular weight is 441 g/mol. The minimum absolute atomic E-state index is 0. The lowest BCUT2D eigenvalue weighted by molar-refractivity contribution is -0.0857. The first-order valence-electron chi connectivity index (χ1n) is 8.31. The third-order valence-corrected chi connectivity index (χ3v) is 4.60. The van der Waals surface area contributed by atoms with Crippen molar-refractivity contribution in [1.29, 1.82) is 0 Å². The number of guanidine groups is 1. The molecule has 7 heteroatoms. The molecule has 0 radical (unpaired) electrons. The van der Waals surface area contributed by atoms with E-state index in [0.29, 0.717) is 0 Å². The molecule has 0 spiro atoms. The van der Waals surface area contributed by atoms with Gasteiger partial charge in [0.1, 0.15) is 0 Å². The number of aliphatic imine (C=N–C) groups is 1. The molecule has 2 fully saturated rings. The molecule has 2 rings (SSSR count). The molecule has 1 saturated carbocycles. The second-order valence-electron chi connectivity index (χ2n) is 6.34. The van der Waals surface area contributed by atoms with E-state index in [1.807, 2.05) is 14.1 Å². The highest BCUT2D eigenvalue weighted by Crippen LogP contribution is 2.28. The Morgan fingerprint density at radius 1 is 1.35 bits per heavy atom. The monoisotopic (exact) mass is 441 g/mol. The zero-order valence-electron chi connectivity index (χ0n) is 14.7. The molecule has 1 N–H and O–H groups in total. The van der Waals surface area contributed by atoms with Gasteiger partial charge in [-0.05, 0) is 18.8 Å². The molecule has 6 nitrogen and oxygen atoms in total. The van der Waals surface area contributed by atoms with E-state index < -0.39 is 0 Å². The Kier molecular flexibility index (Phi) is 9.72. The summed E-state index contributed by atoms with van der Waals surface area (Å²) in [4.78, 5) is 6.46. The van der Waals surface area contributed by atoms with Gasteiger partial charge in [-0.3, -0.25) is 4.99 Å². The zero-order chi connectivity index (χ0) is 15.8. The summed E-state index contributed by atoms with van der Waals surface area (Å²) in [5.41, 5.74) is -0.141. The molecule has 1 saturated heterocycles. The molecule has 0 bridgehead atoms. The molecule has 1 aliphatic carbocycles. The maximum absolute atomic E-state index is 5.74. The van der Waals surface area contributed by atoms with E-state index >= 15 is 0 Å². The standard InChI is InChI=1S/C16H31N3O3.HI/c1-17-15(19(2)8-11-22-12-14-4-5-14)18-13-16(20-3)6-9-21-10-7-16;/h14H,4-13H2,1-3H3,(H,17,18);1H. The van der Waals surface area contributed by atoms with Gasteiger partial charge < -0.3 is 24.4 Å². The van der Waals surface area contributed by atoms with Gasteiger partial charge in [0.05, 0.1) is 12.2 Å². The van der Waals surface area contributed by atoms with Crippen LogP contribution in [0.2, 0.25) is 0 Å². The summed E-state index contributed by atoms with van der Waals surface area (Å²) < 4.78 is 16.9. The third kappa shape index (κ3) is 7.11. The molecule has 0 aromatic rings. The van der Waals surface area contributed by atoms with Gasteiger partial charge in [-0.15, -0.1) is 24.0 Å². The Hall–Kier alpha value is -0.120. The van der Waals surface area contributed by atoms with Gasteiger partial charge in [-0.2, -0.15) is 0 Å². The first-order chi connectivity index (χ1) is 10.7. The fraction of sp³-hybridized carbons (Fsp3) is 0.938. The third-order valence-electron chi connectivity index (χ3n) is 4.60. The van der Waals surface area contributed by atoms with Crippen LogP contribution in [-0.2, 0) is 14.2 Å². The molecule has 0 aromatic carbocycles. The van der Waals surface area contributed by atoms with E-state index in [0.717, 1.165) is 64.2 Å². The number of nitrogens with one attached hydrogen (secondary N) is 1. The Morgan fingerprint density at radius 3 is 2.61 bits per heavy atom. The molecule has 0 aromatic heterocycles. The fourth-order valence-electron chi connectivity index (χ4n) is 2.66. The van der Waals surface area contributed by atoms with E-state index in [-0.39, 0.29) is 29.6 Å². The van der Waals surface area contributed by atoms with E-state index in [1.54, 1.807) is 7.11 Å². The van der Waals surface area contributed by atoms with Crippen molar-refractivity contribution < 1.29 is 14.2 Å². The lowest BCUT2D eigenvalue weighted by atomic mass is 9.94. The van der Waals surface area contributed by atoms with Crippen LogP contribution in [0.15, 0.2) is 4.99 Å². The minimum Gasteiger partial charge on any atom is -0.381 e. The number of nitrogens with zero attached hydrogens (tertiary/aromatic N) is 2. The number of hydrogen-bond acceptors (Lipinski definition) is 4. The highest BCUT2D eigenvalue weighted by atomic mass is 127. The molecular formula is C16H32IN3O3. The van der Waals surface area contributed by atoms with Crippen molar-refractivity contribution in [2.45, 2.75) is 31.3 Å². The predicted molar refractivity (Wildman–Crippen MR) is 103 cm³/mol. The van der Waals surface area contributed by atoms with Crippen LogP contribution in [-0.4, -0.2) is 77.2 Å². The molecule has 2 aliphatic rings. The SMILES string of the molecule is CN=C(NCC1(OC)CCOCC1)N(C)CCOCC1CC1.I. The normalized spacial score (nSPS) is 20.7. The first kappa shape index (κ1) is 20.9. The molecule has 1 aliphatic heterocycles. The van der Waals surface area contributed by atoms with Crippen LogP contribution in [0.25, 0.3) is 0 Å². The molecular weight excluding hydrogens is 409 g/mol. The molecule has 0 amide bonds. The quantitative estimate of drug-likeness (QED) is 0.269. The summed E-state index contributed by atoms with van der Waals surface area (Å²) in [7, 11) is 5.64. The summed E-state index contributed by atoms with van der Waals surface area (Å²) in [5.74, 6) is 1.70. The zero-order valence-corrected chi connectivity index (χ0v) is 17.0. The summed E-state index contributed by atoms with van der Waals surface area (Å²) in [5, 5.41) is 3.43. The number of likely N-dealkylation sites (N-methyl/N-ethyl adjacent to an activating group) is 1. The fourth-order valence-corrected chi connectivity index (χ4v) is 2.66. The summed E-state index contributed by atoms with van der Waals surface area (Å²) in [6, 6.07) is 0. The van der Waals surface area contributed by atoms with Crippen molar-refractivity contribution in [3.8, 4) is 0 Å². The van der Waals surface area contributed by atoms with Gasteiger partial charge >= 0.3 is 0 Å². The van der Waals surface area contributed by atoms with Crippen molar-refractivity contribution in [1.82, 2.24) is 10.2 Å². The highest BCUT2D eigenvalue weighted by molar-refractivity contribution is 14.0. The highest BCUT2D eigenvalue weighted by Gasteiger charge is 2.32. The van der Waals surface area contributed by atoms with Crippen LogP contribution in [0.5, 0.6) is 0 Å². The number of rotatable bonds is 8. The van der Waals surface area contributed by atoms with Crippen LogP contribution >= 0.6 is 24.0 Å². The maximum Gasteiger partial charge on any atom is 0.193 e. The van der Waals surface area contributed by atoms with Crippen molar-refractivity contribution in [2.75, 3.05) is 60.7 Å². The lowest BCUT2D eigenvalue weighted by Gasteiger charge is -2.37. The Labute approximate surface area is 157 Å². The van der Waals surface area contributed by atoms with Crippen LogP contribution in [0, 0.1) is 5.92 Å². The second-order valence-corrected chi connectivity index (χ2v) is 6.34. The van der Waals surface area contributed by atoms with Gasteiger partial charge in [-0.25, -0.2) is 0 Å². The van der Waals surface area contributed by atoms with Gasteiger partial charge in [0.25, 0.3) is 0 Å². The number of hydrogen-bond donors (Lipinski definition) is 1. The number of methoxy groups -OCH3 is 1. The second kappa shape index (κ2) is 10.7. The van der Waals surface area contributed by atoms with Gasteiger partial charge in [0.15, 0.2) is 5.96 Å². The molecule has 0 atom stereocenters. The van der Waals surface area contributed by atoms with Gasteiger partial charge in [0, 0.05) is 67.0 Å². The molecule has 23 heavy (non-hydrogen) atoms. The van der Waals surface area contributed by atoms with E-state index in [2.05, 4.69) is 15.2 Å². The molecule has 136 valence electrons. The van der Waals surface area contributed by atoms with Crippen molar-refractivity contribution in [2.24, 2.45) is 10.9 Å². The molecule has 1 heterocycles. The van der Waals surface area contributed by atoms with Gasteiger partial charge in [0.2, 0.25) is 0 Å². The summed E-state index contributed by atoms with van der Waals surface area (Å²) in [6.45, 7) is 4.78. The van der Waals surface area contributed by atoms with Crippen LogP contribution in [0.1, 0.15) is 25.7 Å². The van der Waals surface area contributed by atoms with E-state index in [4.69, 9.17) is 14.2 Å². The summed E-state index contributed by atoms with van der Waals surface area (Å²) >= 11 is 0. The largest absolute Gasteiger partial charge is 0.381 e. The predicted octanol–water partition coefficient (Wildman–Crippen LogP) is 1.73. The Balaban J connectivity index is 0.00000264. The van der Waals surface area contributed by atoms with Crippen LogP contribution < -0.4 is 5.32 Å². The van der Waals surface area contributed by atoms with Crippen LogP contribution in [0.4, 0.5) is 0 Å². The van der Waals surface area contributed by atoms with Gasteiger partial charge in [-0.1, -0.05) is 0 Å². The Morgan fingerprint density at radius 2 is 2.04 bits per heavy atom. The number of ether oxygens (including phenoxy) is 3. The minimum atomic E-state index is -0.141. The van der Waals surface area contributed by atoms with Crippen LogP contribution in [0.3, 0.4) is 0 Å². The van der Waals surface area contributed by atoms with E-state index in [1.165, 1.54) is 12.8 Å². The topological polar surface area (TPSA) is 55.3 Å². The molecule has 0 unspecified atom stereocenters. The lowest BCUT2D eigenvalue weighted by Crippen LogP contribution is -2.51. The van der Waals surface area contributed by atoms with E-state index in [9.17, 15) is 0 Å². The first-order valence-corrected chi connectivity index (χ1v) is 8.31. The Bertz CT molecular complexity index is 358. The maximum atomic E-state index is 5.74. The smallest absolute Gasteiger partial charge is 0.193 e. The van der Waals surface area contributed by atoms with Crippen molar-refractivity contribution in [3.63, 3.8) is 0 Å². The number of halogens is 1.